The number of fused-ring (bicyclic) bond motifs is 3. The Kier molecular flexibility index (Phi) is 4.35. The summed E-state index contributed by atoms with van der Waals surface area (Å²) in [5, 5.41) is 0. The first kappa shape index (κ1) is 17.8. The first-order chi connectivity index (χ1) is 13.6. The lowest BCUT2D eigenvalue weighted by Crippen LogP contribution is -2.42. The zero-order valence-electron chi connectivity index (χ0n) is 15.4. The molecular weight excluding hydrogens is 360 g/mol. The molecule has 2 aromatic rings. The molecule has 2 atom stereocenters. The van der Waals surface area contributed by atoms with Gasteiger partial charge in [-0.3, -0.25) is 9.59 Å². The van der Waals surface area contributed by atoms with E-state index in [4.69, 9.17) is 9.47 Å². The standard InChI is InChI=1S/C21H18N2O5/c1-27-20(25)15-16(21(26)28-2)19-22-11-6-9-14(22)10-12-23(19)17(15)18(24)13-7-4-3-5-8-13/h3-12,15,17H,1-2H3/t15-,17+/m1/s1. The Morgan fingerprint density at radius 2 is 1.71 bits per heavy atom. The Hall–Kier alpha value is -3.61. The molecule has 0 fully saturated rings. The summed E-state index contributed by atoms with van der Waals surface area (Å²) >= 11 is 0. The molecule has 2 aliphatic rings. The van der Waals surface area contributed by atoms with Crippen LogP contribution in [-0.4, -0.2) is 47.5 Å². The molecule has 1 aromatic heterocycles. The number of ketones is 1. The van der Waals surface area contributed by atoms with Crippen LogP contribution >= 0.6 is 0 Å². The van der Waals surface area contributed by atoms with E-state index in [-0.39, 0.29) is 11.4 Å². The van der Waals surface area contributed by atoms with Crippen LogP contribution in [0, 0.1) is 5.92 Å². The lowest BCUT2D eigenvalue weighted by atomic mass is 9.89. The molecule has 0 radical (unpaired) electrons. The summed E-state index contributed by atoms with van der Waals surface area (Å²) < 4.78 is 11.7. The molecular formula is C21H18N2O5. The average Bonchev–Trinajstić information content (AvgIpc) is 3.34. The van der Waals surface area contributed by atoms with Gasteiger partial charge in [-0.2, -0.15) is 0 Å². The highest BCUT2D eigenvalue weighted by Gasteiger charge is 2.52. The number of benzene rings is 1. The van der Waals surface area contributed by atoms with Crippen molar-refractivity contribution in [2.45, 2.75) is 6.04 Å². The Morgan fingerprint density at radius 3 is 2.39 bits per heavy atom. The van der Waals surface area contributed by atoms with Crippen LogP contribution in [0.25, 0.3) is 11.9 Å². The fourth-order valence-corrected chi connectivity index (χ4v) is 3.78. The number of hydrogen-bond donors (Lipinski definition) is 0. The van der Waals surface area contributed by atoms with E-state index in [9.17, 15) is 14.4 Å². The van der Waals surface area contributed by atoms with Gasteiger partial charge in [0.05, 0.1) is 19.8 Å². The second-order valence-electron chi connectivity index (χ2n) is 6.43. The number of nitrogens with zero attached hydrogens (tertiary/aromatic N) is 2. The highest BCUT2D eigenvalue weighted by atomic mass is 16.5. The summed E-state index contributed by atoms with van der Waals surface area (Å²) in [6, 6.07) is 11.4. The van der Waals surface area contributed by atoms with Crippen molar-refractivity contribution in [2.24, 2.45) is 5.92 Å². The molecule has 0 saturated carbocycles. The van der Waals surface area contributed by atoms with Gasteiger partial charge in [0.2, 0.25) is 0 Å². The predicted molar refractivity (Wildman–Crippen MR) is 101 cm³/mol. The largest absolute Gasteiger partial charge is 0.468 e. The fraction of sp³-hybridized carbons (Fsp3) is 0.190. The van der Waals surface area contributed by atoms with Gasteiger partial charge >= 0.3 is 11.9 Å². The van der Waals surface area contributed by atoms with Gasteiger partial charge in [-0.05, 0) is 18.2 Å². The van der Waals surface area contributed by atoms with E-state index in [0.29, 0.717) is 11.4 Å². The van der Waals surface area contributed by atoms with E-state index in [0.717, 1.165) is 5.69 Å². The Morgan fingerprint density at radius 1 is 0.964 bits per heavy atom. The lowest BCUT2D eigenvalue weighted by Gasteiger charge is -2.30. The van der Waals surface area contributed by atoms with Crippen LogP contribution < -0.4 is 0 Å². The van der Waals surface area contributed by atoms with E-state index in [1.807, 2.05) is 18.2 Å². The predicted octanol–water partition coefficient (Wildman–Crippen LogP) is 2.17. The molecule has 1 aromatic carbocycles. The number of ether oxygens (including phenoxy) is 2. The van der Waals surface area contributed by atoms with Crippen molar-refractivity contribution in [2.75, 3.05) is 14.2 Å². The molecule has 0 unspecified atom stereocenters. The summed E-state index contributed by atoms with van der Waals surface area (Å²) in [7, 11) is 2.48. The molecule has 0 saturated heterocycles. The number of carbonyl (C=O) groups excluding carboxylic acids is 3. The molecule has 142 valence electrons. The van der Waals surface area contributed by atoms with Gasteiger partial charge in [-0.25, -0.2) is 4.79 Å². The average molecular weight is 378 g/mol. The summed E-state index contributed by atoms with van der Waals surface area (Å²) in [4.78, 5) is 40.4. The molecule has 28 heavy (non-hydrogen) atoms. The van der Waals surface area contributed by atoms with Crippen molar-refractivity contribution >= 4 is 29.6 Å². The van der Waals surface area contributed by atoms with Crippen molar-refractivity contribution in [1.82, 2.24) is 9.47 Å². The van der Waals surface area contributed by atoms with Crippen molar-refractivity contribution in [1.29, 1.82) is 0 Å². The Labute approximate surface area is 161 Å². The number of hydrogen-bond acceptors (Lipinski definition) is 6. The van der Waals surface area contributed by atoms with Crippen molar-refractivity contribution in [3.05, 3.63) is 71.7 Å². The summed E-state index contributed by atoms with van der Waals surface area (Å²) in [5.41, 5.74) is 1.37. The molecule has 0 bridgehead atoms. The third-order valence-corrected chi connectivity index (χ3v) is 5.01. The molecule has 0 amide bonds. The third kappa shape index (κ3) is 2.55. The molecule has 7 nitrogen and oxygen atoms in total. The second-order valence-corrected chi connectivity index (χ2v) is 6.43. The summed E-state index contributed by atoms with van der Waals surface area (Å²) in [6.45, 7) is 0. The van der Waals surface area contributed by atoms with Gasteiger partial charge in [0.25, 0.3) is 0 Å². The normalized spacial score (nSPS) is 19.9. The van der Waals surface area contributed by atoms with Crippen LogP contribution in [0.3, 0.4) is 0 Å². The smallest absolute Gasteiger partial charge is 0.338 e. The molecule has 3 heterocycles. The van der Waals surface area contributed by atoms with Crippen LogP contribution in [0.4, 0.5) is 0 Å². The fourth-order valence-electron chi connectivity index (χ4n) is 3.78. The maximum absolute atomic E-state index is 13.4. The van der Waals surface area contributed by atoms with Crippen LogP contribution in [0.15, 0.2) is 60.4 Å². The second kappa shape index (κ2) is 6.84. The van der Waals surface area contributed by atoms with Crippen LogP contribution in [0.2, 0.25) is 0 Å². The number of methoxy groups -OCH3 is 2. The summed E-state index contributed by atoms with van der Waals surface area (Å²) in [5.74, 6) is -2.31. The molecule has 0 N–H and O–H groups in total. The topological polar surface area (TPSA) is 77.8 Å². The van der Waals surface area contributed by atoms with E-state index >= 15 is 0 Å². The Bertz CT molecular complexity index is 1020. The Balaban J connectivity index is 1.92. The van der Waals surface area contributed by atoms with Gasteiger partial charge in [0, 0.05) is 23.7 Å². The SMILES string of the molecule is COC(=O)C1=C2N(C=Cc3cccn32)[C@H](C(=O)c2ccccc2)[C@@H]1C(=O)OC. The van der Waals surface area contributed by atoms with E-state index in [2.05, 4.69) is 0 Å². The van der Waals surface area contributed by atoms with Crippen molar-refractivity contribution in [3.8, 4) is 0 Å². The van der Waals surface area contributed by atoms with Crippen LogP contribution in [-0.2, 0) is 19.1 Å². The van der Waals surface area contributed by atoms with Gasteiger partial charge in [0.1, 0.15) is 17.8 Å². The van der Waals surface area contributed by atoms with E-state index in [1.165, 1.54) is 14.2 Å². The molecule has 0 spiro atoms. The molecule has 0 aliphatic carbocycles. The van der Waals surface area contributed by atoms with Crippen molar-refractivity contribution in [3.63, 3.8) is 0 Å². The maximum Gasteiger partial charge on any atom is 0.338 e. The highest BCUT2D eigenvalue weighted by molar-refractivity contribution is 6.11. The maximum atomic E-state index is 13.4. The third-order valence-electron chi connectivity index (χ3n) is 5.01. The zero-order chi connectivity index (χ0) is 19.8. The lowest BCUT2D eigenvalue weighted by molar-refractivity contribution is -0.147. The first-order valence-corrected chi connectivity index (χ1v) is 8.72. The molecule has 4 rings (SSSR count). The first-order valence-electron chi connectivity index (χ1n) is 8.72. The van der Waals surface area contributed by atoms with Crippen LogP contribution in [0.5, 0.6) is 0 Å². The van der Waals surface area contributed by atoms with E-state index < -0.39 is 23.9 Å². The quantitative estimate of drug-likeness (QED) is 0.599. The summed E-state index contributed by atoms with van der Waals surface area (Å²) in [6.07, 6.45) is 5.30. The minimum Gasteiger partial charge on any atom is -0.468 e. The minimum absolute atomic E-state index is 0.102. The van der Waals surface area contributed by atoms with Crippen molar-refractivity contribution < 1.29 is 23.9 Å². The minimum atomic E-state index is -1.11. The monoisotopic (exact) mass is 378 g/mol. The number of carbonyl (C=O) groups is 3. The number of Topliss-reactive ketones (excluding diaryl/α,β-unsaturated/α-hetero) is 1. The van der Waals surface area contributed by atoms with Gasteiger partial charge < -0.3 is 18.9 Å². The number of aromatic nitrogens is 1. The molecule has 7 heteroatoms. The molecule has 2 aliphatic heterocycles. The van der Waals surface area contributed by atoms with E-state index in [1.54, 1.807) is 52.2 Å². The van der Waals surface area contributed by atoms with Gasteiger partial charge in [0.15, 0.2) is 5.78 Å². The zero-order valence-corrected chi connectivity index (χ0v) is 15.4. The van der Waals surface area contributed by atoms with Gasteiger partial charge in [-0.15, -0.1) is 0 Å². The number of rotatable bonds is 4. The highest BCUT2D eigenvalue weighted by Crippen LogP contribution is 2.42. The van der Waals surface area contributed by atoms with Crippen LogP contribution in [0.1, 0.15) is 16.1 Å². The van der Waals surface area contributed by atoms with Gasteiger partial charge in [-0.1, -0.05) is 30.3 Å². The number of esters is 2.